The highest BCUT2D eigenvalue weighted by Crippen LogP contribution is 2.23. The predicted octanol–water partition coefficient (Wildman–Crippen LogP) is 3.17. The van der Waals surface area contributed by atoms with E-state index in [1.165, 1.54) is 6.07 Å². The molecule has 0 heterocycles. The molecule has 0 aliphatic heterocycles. The van der Waals surface area contributed by atoms with Crippen molar-refractivity contribution in [2.45, 2.75) is 32.2 Å². The standard InChI is InChI=1S/C11H16ClFN2/c1-2-3-4-11(15-14)9-6-5-8(12)7-10(9)13/h5-7,11,15H,2-4,14H2,1H3. The number of hydrazine groups is 1. The molecule has 1 atom stereocenters. The summed E-state index contributed by atoms with van der Waals surface area (Å²) in [7, 11) is 0. The van der Waals surface area contributed by atoms with Crippen molar-refractivity contribution in [1.82, 2.24) is 5.43 Å². The molecule has 0 saturated carbocycles. The van der Waals surface area contributed by atoms with E-state index in [1.54, 1.807) is 12.1 Å². The van der Waals surface area contributed by atoms with Gasteiger partial charge in [-0.1, -0.05) is 37.4 Å². The van der Waals surface area contributed by atoms with E-state index in [2.05, 4.69) is 12.3 Å². The minimum absolute atomic E-state index is 0.137. The number of halogens is 2. The highest BCUT2D eigenvalue weighted by Gasteiger charge is 2.13. The van der Waals surface area contributed by atoms with E-state index in [1.807, 2.05) is 0 Å². The Balaban J connectivity index is 2.81. The summed E-state index contributed by atoms with van der Waals surface area (Å²) in [5, 5.41) is 0.405. The monoisotopic (exact) mass is 230 g/mol. The summed E-state index contributed by atoms with van der Waals surface area (Å²) < 4.78 is 13.5. The minimum Gasteiger partial charge on any atom is -0.271 e. The van der Waals surface area contributed by atoms with Crippen LogP contribution < -0.4 is 11.3 Å². The fourth-order valence-corrected chi connectivity index (χ4v) is 1.68. The summed E-state index contributed by atoms with van der Waals surface area (Å²) in [6.45, 7) is 2.09. The summed E-state index contributed by atoms with van der Waals surface area (Å²) in [6.07, 6.45) is 2.90. The Morgan fingerprint density at radius 1 is 1.53 bits per heavy atom. The molecule has 4 heteroatoms. The smallest absolute Gasteiger partial charge is 0.129 e. The molecule has 2 nitrogen and oxygen atoms in total. The molecule has 1 aromatic rings. The summed E-state index contributed by atoms with van der Waals surface area (Å²) in [4.78, 5) is 0. The van der Waals surface area contributed by atoms with Crippen LogP contribution in [0.25, 0.3) is 0 Å². The van der Waals surface area contributed by atoms with E-state index in [-0.39, 0.29) is 11.9 Å². The Morgan fingerprint density at radius 3 is 2.80 bits per heavy atom. The second-order valence-electron chi connectivity index (χ2n) is 3.53. The number of hydrogen-bond acceptors (Lipinski definition) is 2. The molecule has 0 saturated heterocycles. The fourth-order valence-electron chi connectivity index (χ4n) is 1.52. The first-order valence-electron chi connectivity index (χ1n) is 5.10. The number of hydrogen-bond donors (Lipinski definition) is 2. The Hall–Kier alpha value is -0.640. The highest BCUT2D eigenvalue weighted by atomic mass is 35.5. The molecule has 0 aromatic heterocycles. The van der Waals surface area contributed by atoms with Gasteiger partial charge in [0.15, 0.2) is 0 Å². The quantitative estimate of drug-likeness (QED) is 0.602. The van der Waals surface area contributed by atoms with Gasteiger partial charge in [-0.25, -0.2) is 4.39 Å². The van der Waals surface area contributed by atoms with Crippen LogP contribution in [-0.2, 0) is 0 Å². The average molecular weight is 231 g/mol. The Labute approximate surface area is 94.6 Å². The zero-order valence-corrected chi connectivity index (χ0v) is 9.52. The van der Waals surface area contributed by atoms with Gasteiger partial charge in [-0.2, -0.15) is 0 Å². The van der Waals surface area contributed by atoms with Gasteiger partial charge in [-0.05, 0) is 18.6 Å². The molecule has 0 spiro atoms. The summed E-state index contributed by atoms with van der Waals surface area (Å²) in [6, 6.07) is 4.53. The molecule has 0 bridgehead atoms. The van der Waals surface area contributed by atoms with Gasteiger partial charge in [-0.15, -0.1) is 0 Å². The van der Waals surface area contributed by atoms with Crippen molar-refractivity contribution in [3.63, 3.8) is 0 Å². The van der Waals surface area contributed by atoms with Gasteiger partial charge in [0.25, 0.3) is 0 Å². The van der Waals surface area contributed by atoms with E-state index >= 15 is 0 Å². The molecule has 1 rings (SSSR count). The number of nitrogens with two attached hydrogens (primary N) is 1. The number of benzene rings is 1. The third kappa shape index (κ3) is 3.45. The van der Waals surface area contributed by atoms with Gasteiger partial charge in [0, 0.05) is 16.6 Å². The van der Waals surface area contributed by atoms with Gasteiger partial charge < -0.3 is 0 Å². The van der Waals surface area contributed by atoms with Crippen LogP contribution in [0.1, 0.15) is 37.8 Å². The Bertz CT molecular complexity index is 317. The van der Waals surface area contributed by atoms with Crippen LogP contribution in [0.4, 0.5) is 4.39 Å². The Kier molecular flexibility index (Phi) is 5.02. The number of nitrogens with one attached hydrogen (secondary N) is 1. The second kappa shape index (κ2) is 6.05. The maximum atomic E-state index is 13.5. The first-order chi connectivity index (χ1) is 7.19. The van der Waals surface area contributed by atoms with Crippen LogP contribution in [0.5, 0.6) is 0 Å². The first-order valence-corrected chi connectivity index (χ1v) is 5.48. The summed E-state index contributed by atoms with van der Waals surface area (Å²) >= 11 is 5.68. The SMILES string of the molecule is CCCCC(NN)c1ccc(Cl)cc1F. The lowest BCUT2D eigenvalue weighted by Gasteiger charge is -2.16. The topological polar surface area (TPSA) is 38.0 Å². The highest BCUT2D eigenvalue weighted by molar-refractivity contribution is 6.30. The largest absolute Gasteiger partial charge is 0.271 e. The van der Waals surface area contributed by atoms with Crippen LogP contribution in [0, 0.1) is 5.82 Å². The molecule has 0 aliphatic rings. The van der Waals surface area contributed by atoms with Crippen LogP contribution in [0.3, 0.4) is 0 Å². The maximum absolute atomic E-state index is 13.5. The van der Waals surface area contributed by atoms with Crippen molar-refractivity contribution in [1.29, 1.82) is 0 Å². The normalized spacial score (nSPS) is 12.8. The molecule has 84 valence electrons. The van der Waals surface area contributed by atoms with E-state index in [0.717, 1.165) is 19.3 Å². The van der Waals surface area contributed by atoms with Crippen molar-refractivity contribution in [3.8, 4) is 0 Å². The summed E-state index contributed by atoms with van der Waals surface area (Å²) in [5.74, 6) is 5.10. The third-order valence-corrected chi connectivity index (χ3v) is 2.62. The van der Waals surface area contributed by atoms with Crippen molar-refractivity contribution in [2.24, 2.45) is 5.84 Å². The molecule has 3 N–H and O–H groups in total. The van der Waals surface area contributed by atoms with E-state index in [4.69, 9.17) is 17.4 Å². The molecule has 0 radical (unpaired) electrons. The first kappa shape index (κ1) is 12.4. The fraction of sp³-hybridized carbons (Fsp3) is 0.455. The molecule has 0 fully saturated rings. The predicted molar refractivity (Wildman–Crippen MR) is 61.0 cm³/mol. The molecule has 0 aliphatic carbocycles. The van der Waals surface area contributed by atoms with Gasteiger partial charge in [-0.3, -0.25) is 11.3 Å². The van der Waals surface area contributed by atoms with Gasteiger partial charge >= 0.3 is 0 Å². The lowest BCUT2D eigenvalue weighted by Crippen LogP contribution is -2.28. The van der Waals surface area contributed by atoms with Crippen molar-refractivity contribution in [2.75, 3.05) is 0 Å². The molecular weight excluding hydrogens is 215 g/mol. The third-order valence-electron chi connectivity index (χ3n) is 2.39. The van der Waals surface area contributed by atoms with Crippen LogP contribution in [0.15, 0.2) is 18.2 Å². The zero-order valence-electron chi connectivity index (χ0n) is 8.76. The van der Waals surface area contributed by atoms with Crippen LogP contribution >= 0.6 is 11.6 Å². The molecule has 0 amide bonds. The summed E-state index contributed by atoms with van der Waals surface area (Å²) in [5.41, 5.74) is 3.21. The van der Waals surface area contributed by atoms with E-state index in [0.29, 0.717) is 10.6 Å². The Morgan fingerprint density at radius 2 is 2.27 bits per heavy atom. The molecule has 1 aromatic carbocycles. The van der Waals surface area contributed by atoms with Gasteiger partial charge in [0.1, 0.15) is 5.82 Å². The van der Waals surface area contributed by atoms with Crippen molar-refractivity contribution >= 4 is 11.6 Å². The lowest BCUT2D eigenvalue weighted by atomic mass is 10.0. The molecule has 15 heavy (non-hydrogen) atoms. The van der Waals surface area contributed by atoms with Crippen molar-refractivity contribution in [3.05, 3.63) is 34.6 Å². The van der Waals surface area contributed by atoms with Crippen LogP contribution in [-0.4, -0.2) is 0 Å². The van der Waals surface area contributed by atoms with Crippen LogP contribution in [0.2, 0.25) is 5.02 Å². The number of unbranched alkanes of at least 4 members (excludes halogenated alkanes) is 1. The van der Waals surface area contributed by atoms with Gasteiger partial charge in [0.05, 0.1) is 0 Å². The van der Waals surface area contributed by atoms with E-state index < -0.39 is 0 Å². The maximum Gasteiger partial charge on any atom is 0.129 e. The molecule has 1 unspecified atom stereocenters. The lowest BCUT2D eigenvalue weighted by molar-refractivity contribution is 0.470. The average Bonchev–Trinajstić information content (AvgIpc) is 2.21. The van der Waals surface area contributed by atoms with Crippen molar-refractivity contribution < 1.29 is 4.39 Å². The zero-order chi connectivity index (χ0) is 11.3. The second-order valence-corrected chi connectivity index (χ2v) is 3.96. The van der Waals surface area contributed by atoms with Gasteiger partial charge in [0.2, 0.25) is 0 Å². The molecular formula is C11H16ClFN2. The minimum atomic E-state index is -0.304. The number of rotatable bonds is 5. The van der Waals surface area contributed by atoms with E-state index in [9.17, 15) is 4.39 Å².